The van der Waals surface area contributed by atoms with E-state index in [2.05, 4.69) is 31.3 Å². The minimum Gasteiger partial charge on any atom is -0.496 e. The minimum atomic E-state index is 0.261. The van der Waals surface area contributed by atoms with Crippen LogP contribution in [0.15, 0.2) is 18.2 Å². The summed E-state index contributed by atoms with van der Waals surface area (Å²) >= 11 is 0. The van der Waals surface area contributed by atoms with E-state index in [0.717, 1.165) is 25.3 Å². The van der Waals surface area contributed by atoms with Crippen molar-refractivity contribution in [2.75, 3.05) is 20.3 Å². The molecular weight excluding hydrogens is 214 g/mol. The van der Waals surface area contributed by atoms with Crippen LogP contribution in [0.2, 0.25) is 0 Å². The van der Waals surface area contributed by atoms with E-state index in [0.29, 0.717) is 5.92 Å². The van der Waals surface area contributed by atoms with Gasteiger partial charge in [0.1, 0.15) is 5.75 Å². The predicted molar refractivity (Wildman–Crippen MR) is 70.3 cm³/mol. The monoisotopic (exact) mass is 237 g/mol. The van der Waals surface area contributed by atoms with Gasteiger partial charge in [-0.25, -0.2) is 0 Å². The van der Waals surface area contributed by atoms with E-state index in [1.807, 2.05) is 6.07 Å². The van der Waals surface area contributed by atoms with Crippen molar-refractivity contribution in [1.29, 1.82) is 0 Å². The van der Waals surface area contributed by atoms with Gasteiger partial charge in [-0.05, 0) is 31.9 Å². The number of benzene rings is 1. The first-order chi connectivity index (χ1) is 8.17. The lowest BCUT2D eigenvalue weighted by Gasteiger charge is -2.13. The molecule has 96 valence electrons. The number of methoxy groups -OCH3 is 1. The maximum atomic E-state index is 8.82. The SMILES string of the molecule is COc1ccc(C)cc1CNCC(C)CCO. The summed E-state index contributed by atoms with van der Waals surface area (Å²) in [6, 6.07) is 6.20. The lowest BCUT2D eigenvalue weighted by molar-refractivity contribution is 0.260. The van der Waals surface area contributed by atoms with Gasteiger partial charge in [0, 0.05) is 18.7 Å². The topological polar surface area (TPSA) is 41.5 Å². The van der Waals surface area contributed by atoms with Gasteiger partial charge in [-0.15, -0.1) is 0 Å². The summed E-state index contributed by atoms with van der Waals surface area (Å²) in [7, 11) is 1.70. The molecule has 0 saturated carbocycles. The fourth-order valence-electron chi connectivity index (χ4n) is 1.82. The van der Waals surface area contributed by atoms with E-state index < -0.39 is 0 Å². The smallest absolute Gasteiger partial charge is 0.123 e. The molecule has 0 spiro atoms. The Bertz CT molecular complexity index is 339. The number of aliphatic hydroxyl groups is 1. The molecule has 0 saturated heterocycles. The molecule has 0 radical (unpaired) electrons. The minimum absolute atomic E-state index is 0.261. The molecule has 1 aromatic carbocycles. The number of ether oxygens (including phenoxy) is 1. The number of hydrogen-bond donors (Lipinski definition) is 2. The summed E-state index contributed by atoms with van der Waals surface area (Å²) in [4.78, 5) is 0. The summed E-state index contributed by atoms with van der Waals surface area (Å²) in [6.07, 6.45) is 0.845. The summed E-state index contributed by atoms with van der Waals surface area (Å²) in [6.45, 7) is 6.20. The Hall–Kier alpha value is -1.06. The Morgan fingerprint density at radius 3 is 2.82 bits per heavy atom. The lowest BCUT2D eigenvalue weighted by atomic mass is 10.1. The summed E-state index contributed by atoms with van der Waals surface area (Å²) in [5, 5.41) is 12.2. The summed E-state index contributed by atoms with van der Waals surface area (Å²) < 4.78 is 5.33. The number of rotatable bonds is 7. The molecule has 0 heterocycles. The second-order valence-electron chi connectivity index (χ2n) is 4.56. The summed E-state index contributed by atoms with van der Waals surface area (Å²) in [5.74, 6) is 1.42. The number of nitrogens with one attached hydrogen (secondary N) is 1. The van der Waals surface area contributed by atoms with Gasteiger partial charge in [-0.3, -0.25) is 0 Å². The van der Waals surface area contributed by atoms with E-state index in [9.17, 15) is 0 Å². The van der Waals surface area contributed by atoms with Crippen molar-refractivity contribution < 1.29 is 9.84 Å². The van der Waals surface area contributed by atoms with Crippen LogP contribution in [0, 0.1) is 12.8 Å². The maximum absolute atomic E-state index is 8.82. The van der Waals surface area contributed by atoms with Gasteiger partial charge in [0.2, 0.25) is 0 Å². The molecule has 0 bridgehead atoms. The van der Waals surface area contributed by atoms with E-state index in [1.54, 1.807) is 7.11 Å². The van der Waals surface area contributed by atoms with Crippen LogP contribution >= 0.6 is 0 Å². The van der Waals surface area contributed by atoms with Gasteiger partial charge in [0.05, 0.1) is 7.11 Å². The molecule has 0 aliphatic rings. The third kappa shape index (κ3) is 4.75. The molecule has 1 rings (SSSR count). The Morgan fingerprint density at radius 1 is 1.41 bits per heavy atom. The van der Waals surface area contributed by atoms with Crippen LogP contribution in [0.5, 0.6) is 5.75 Å². The molecule has 0 aromatic heterocycles. The molecule has 17 heavy (non-hydrogen) atoms. The van der Waals surface area contributed by atoms with Crippen LogP contribution in [0.1, 0.15) is 24.5 Å². The highest BCUT2D eigenvalue weighted by atomic mass is 16.5. The molecule has 0 aliphatic heterocycles. The zero-order chi connectivity index (χ0) is 12.7. The van der Waals surface area contributed by atoms with Crippen LogP contribution in [0.3, 0.4) is 0 Å². The standard InChI is InChI=1S/C14H23NO2/c1-11-4-5-14(17-3)13(8-11)10-15-9-12(2)6-7-16/h4-5,8,12,15-16H,6-7,9-10H2,1-3H3. The molecule has 1 aromatic rings. The molecule has 0 fully saturated rings. The van der Waals surface area contributed by atoms with Crippen molar-refractivity contribution in [1.82, 2.24) is 5.32 Å². The first kappa shape index (κ1) is 14.0. The fraction of sp³-hybridized carbons (Fsp3) is 0.571. The zero-order valence-electron chi connectivity index (χ0n) is 11.0. The number of hydrogen-bond acceptors (Lipinski definition) is 3. The third-order valence-corrected chi connectivity index (χ3v) is 2.87. The lowest BCUT2D eigenvalue weighted by Crippen LogP contribution is -2.21. The van der Waals surface area contributed by atoms with Crippen LogP contribution in [-0.2, 0) is 6.54 Å². The molecule has 3 heteroatoms. The fourth-order valence-corrected chi connectivity index (χ4v) is 1.82. The predicted octanol–water partition coefficient (Wildman–Crippen LogP) is 2.11. The van der Waals surface area contributed by atoms with Gasteiger partial charge in [-0.2, -0.15) is 0 Å². The molecule has 1 unspecified atom stereocenters. The Morgan fingerprint density at radius 2 is 2.18 bits per heavy atom. The molecule has 2 N–H and O–H groups in total. The van der Waals surface area contributed by atoms with Crippen LogP contribution in [-0.4, -0.2) is 25.4 Å². The summed E-state index contributed by atoms with van der Waals surface area (Å²) in [5.41, 5.74) is 2.43. The quantitative estimate of drug-likeness (QED) is 0.763. The highest BCUT2D eigenvalue weighted by Gasteiger charge is 2.04. The van der Waals surface area contributed by atoms with E-state index in [4.69, 9.17) is 9.84 Å². The second kappa shape index (κ2) is 7.30. The van der Waals surface area contributed by atoms with Gasteiger partial charge in [0.15, 0.2) is 0 Å². The van der Waals surface area contributed by atoms with E-state index >= 15 is 0 Å². The highest BCUT2D eigenvalue weighted by molar-refractivity contribution is 5.36. The molecular formula is C14H23NO2. The molecule has 1 atom stereocenters. The van der Waals surface area contributed by atoms with Crippen LogP contribution < -0.4 is 10.1 Å². The van der Waals surface area contributed by atoms with E-state index in [1.165, 1.54) is 11.1 Å². The van der Waals surface area contributed by atoms with Crippen molar-refractivity contribution in [3.05, 3.63) is 29.3 Å². The van der Waals surface area contributed by atoms with Crippen molar-refractivity contribution >= 4 is 0 Å². The van der Waals surface area contributed by atoms with Crippen LogP contribution in [0.25, 0.3) is 0 Å². The Labute approximate surface area is 104 Å². The first-order valence-electron chi connectivity index (χ1n) is 6.12. The average Bonchev–Trinajstić information content (AvgIpc) is 2.30. The number of aliphatic hydroxyl groups excluding tert-OH is 1. The maximum Gasteiger partial charge on any atom is 0.123 e. The Balaban J connectivity index is 2.48. The molecule has 3 nitrogen and oxygen atoms in total. The van der Waals surface area contributed by atoms with Gasteiger partial charge in [-0.1, -0.05) is 24.6 Å². The van der Waals surface area contributed by atoms with Gasteiger partial charge in [0.25, 0.3) is 0 Å². The molecule has 0 aliphatic carbocycles. The van der Waals surface area contributed by atoms with E-state index in [-0.39, 0.29) is 6.61 Å². The van der Waals surface area contributed by atoms with Crippen molar-refractivity contribution in [2.24, 2.45) is 5.92 Å². The largest absolute Gasteiger partial charge is 0.496 e. The third-order valence-electron chi connectivity index (χ3n) is 2.87. The Kier molecular flexibility index (Phi) is 6.01. The van der Waals surface area contributed by atoms with Crippen molar-refractivity contribution in [2.45, 2.75) is 26.8 Å². The number of aryl methyl sites for hydroxylation is 1. The van der Waals surface area contributed by atoms with Gasteiger partial charge >= 0.3 is 0 Å². The first-order valence-corrected chi connectivity index (χ1v) is 6.12. The van der Waals surface area contributed by atoms with Gasteiger partial charge < -0.3 is 15.2 Å². The van der Waals surface area contributed by atoms with Crippen LogP contribution in [0.4, 0.5) is 0 Å². The normalized spacial score (nSPS) is 12.5. The van der Waals surface area contributed by atoms with Crippen molar-refractivity contribution in [3.8, 4) is 5.75 Å². The van der Waals surface area contributed by atoms with Crippen molar-refractivity contribution in [3.63, 3.8) is 0 Å². The average molecular weight is 237 g/mol. The highest BCUT2D eigenvalue weighted by Crippen LogP contribution is 2.19. The zero-order valence-corrected chi connectivity index (χ0v) is 11.0. The second-order valence-corrected chi connectivity index (χ2v) is 4.56. The molecule has 0 amide bonds.